The molecule has 0 spiro atoms. The van der Waals surface area contributed by atoms with Crippen LogP contribution in [0.25, 0.3) is 0 Å². The number of nitrogens with one attached hydrogen (secondary N) is 1. The average molecular weight is 336 g/mol. The van der Waals surface area contributed by atoms with Gasteiger partial charge < -0.3 is 29.9 Å². The van der Waals surface area contributed by atoms with Crippen LogP contribution in [0.15, 0.2) is 35.5 Å². The zero-order valence-electron chi connectivity index (χ0n) is 13.3. The minimum atomic E-state index is -0.611. The van der Waals surface area contributed by atoms with Crippen molar-refractivity contribution in [1.82, 2.24) is 4.90 Å². The van der Waals surface area contributed by atoms with Crippen LogP contribution >= 0.6 is 0 Å². The Bertz CT molecular complexity index is 643. The Labute approximate surface area is 139 Å². The standard InChI is InChI=1S/C16H20N2O6/c1-23-16(22)11-10-18(6-7-19)15(21)14(11)17-12-4-2-3-5-13(12)24-9-8-20/h2-5,17,19-20H,6-10H2,1H3. The molecule has 0 unspecified atom stereocenters. The quantitative estimate of drug-likeness (QED) is 0.561. The Balaban J connectivity index is 2.30. The summed E-state index contributed by atoms with van der Waals surface area (Å²) in [5.74, 6) is -0.571. The number of β-amino-alcohol motifs (C(OH)–C–C–N with tert-alkyl or cyclic N) is 1. The minimum absolute atomic E-state index is 0.0636. The van der Waals surface area contributed by atoms with Gasteiger partial charge in [-0.2, -0.15) is 0 Å². The number of benzene rings is 1. The summed E-state index contributed by atoms with van der Waals surface area (Å²) in [6.07, 6.45) is 0. The molecule has 1 aromatic carbocycles. The maximum Gasteiger partial charge on any atom is 0.337 e. The Hall–Kier alpha value is -2.58. The summed E-state index contributed by atoms with van der Waals surface area (Å²) in [4.78, 5) is 25.8. The van der Waals surface area contributed by atoms with Gasteiger partial charge in [-0.05, 0) is 12.1 Å². The predicted octanol–water partition coefficient (Wildman–Crippen LogP) is -0.269. The molecule has 1 aliphatic rings. The summed E-state index contributed by atoms with van der Waals surface area (Å²) in [6, 6.07) is 6.87. The van der Waals surface area contributed by atoms with Crippen LogP contribution in [0.3, 0.4) is 0 Å². The van der Waals surface area contributed by atoms with Gasteiger partial charge in [-0.3, -0.25) is 4.79 Å². The van der Waals surface area contributed by atoms with Crippen LogP contribution in [0.4, 0.5) is 5.69 Å². The first-order chi connectivity index (χ1) is 11.6. The van der Waals surface area contributed by atoms with Gasteiger partial charge in [0, 0.05) is 6.54 Å². The zero-order chi connectivity index (χ0) is 17.5. The van der Waals surface area contributed by atoms with Crippen LogP contribution in [-0.2, 0) is 14.3 Å². The van der Waals surface area contributed by atoms with Crippen molar-refractivity contribution in [3.8, 4) is 5.75 Å². The van der Waals surface area contributed by atoms with Gasteiger partial charge in [-0.25, -0.2) is 4.79 Å². The van der Waals surface area contributed by atoms with E-state index in [9.17, 15) is 9.59 Å². The molecule has 0 saturated carbocycles. The van der Waals surface area contributed by atoms with Gasteiger partial charge in [-0.1, -0.05) is 12.1 Å². The number of aliphatic hydroxyl groups excluding tert-OH is 2. The molecule has 1 aromatic rings. The lowest BCUT2D eigenvalue weighted by Crippen LogP contribution is -2.31. The third-order valence-electron chi connectivity index (χ3n) is 3.45. The normalized spacial score (nSPS) is 14.1. The molecule has 2 rings (SSSR count). The summed E-state index contributed by atoms with van der Waals surface area (Å²) < 4.78 is 10.1. The molecule has 24 heavy (non-hydrogen) atoms. The molecule has 0 aliphatic carbocycles. The van der Waals surface area contributed by atoms with E-state index in [-0.39, 0.29) is 44.2 Å². The molecule has 0 fully saturated rings. The highest BCUT2D eigenvalue weighted by molar-refractivity contribution is 6.08. The Morgan fingerprint density at radius 2 is 2.04 bits per heavy atom. The second-order valence-electron chi connectivity index (χ2n) is 4.99. The summed E-state index contributed by atoms with van der Waals surface area (Å²) >= 11 is 0. The first kappa shape index (κ1) is 17.8. The highest BCUT2D eigenvalue weighted by atomic mass is 16.5. The second kappa shape index (κ2) is 8.32. The van der Waals surface area contributed by atoms with Crippen LogP contribution < -0.4 is 10.1 Å². The Morgan fingerprint density at radius 1 is 1.29 bits per heavy atom. The lowest BCUT2D eigenvalue weighted by molar-refractivity contribution is -0.136. The molecule has 0 saturated heterocycles. The van der Waals surface area contributed by atoms with Crippen LogP contribution in [0.1, 0.15) is 0 Å². The number of methoxy groups -OCH3 is 1. The summed E-state index contributed by atoms with van der Waals surface area (Å²) in [5.41, 5.74) is 0.768. The van der Waals surface area contributed by atoms with Crippen LogP contribution in [-0.4, -0.2) is 67.0 Å². The maximum absolute atomic E-state index is 12.5. The molecule has 1 heterocycles. The Kier molecular flexibility index (Phi) is 6.16. The van der Waals surface area contributed by atoms with Gasteiger partial charge in [0.2, 0.25) is 0 Å². The highest BCUT2D eigenvalue weighted by Gasteiger charge is 2.34. The number of aliphatic hydroxyl groups is 2. The Morgan fingerprint density at radius 3 is 2.71 bits per heavy atom. The van der Waals surface area contributed by atoms with Gasteiger partial charge in [0.25, 0.3) is 5.91 Å². The van der Waals surface area contributed by atoms with Crippen molar-refractivity contribution in [2.75, 3.05) is 45.3 Å². The van der Waals surface area contributed by atoms with E-state index in [2.05, 4.69) is 5.32 Å². The first-order valence-corrected chi connectivity index (χ1v) is 7.43. The fourth-order valence-electron chi connectivity index (χ4n) is 2.33. The number of amides is 1. The fourth-order valence-corrected chi connectivity index (χ4v) is 2.33. The molecule has 1 aliphatic heterocycles. The van der Waals surface area contributed by atoms with Crippen molar-refractivity contribution in [1.29, 1.82) is 0 Å². The number of hydrogen-bond donors (Lipinski definition) is 3. The number of para-hydroxylation sites is 2. The topological polar surface area (TPSA) is 108 Å². The van der Waals surface area contributed by atoms with Crippen molar-refractivity contribution in [3.05, 3.63) is 35.5 Å². The number of carbonyl (C=O) groups excluding carboxylic acids is 2. The summed E-state index contributed by atoms with van der Waals surface area (Å²) in [5, 5.41) is 20.9. The third-order valence-corrected chi connectivity index (χ3v) is 3.45. The van der Waals surface area contributed by atoms with Crippen molar-refractivity contribution < 1.29 is 29.3 Å². The number of rotatable bonds is 8. The highest BCUT2D eigenvalue weighted by Crippen LogP contribution is 2.28. The van der Waals surface area contributed by atoms with Crippen molar-refractivity contribution in [2.24, 2.45) is 0 Å². The van der Waals surface area contributed by atoms with Crippen LogP contribution in [0.5, 0.6) is 5.75 Å². The lowest BCUT2D eigenvalue weighted by Gasteiger charge is -2.16. The van der Waals surface area contributed by atoms with E-state index in [1.54, 1.807) is 24.3 Å². The van der Waals surface area contributed by atoms with Crippen LogP contribution in [0, 0.1) is 0 Å². The van der Waals surface area contributed by atoms with E-state index in [1.165, 1.54) is 12.0 Å². The van der Waals surface area contributed by atoms with E-state index in [0.717, 1.165) is 0 Å². The number of esters is 1. The van der Waals surface area contributed by atoms with Gasteiger partial charge in [-0.15, -0.1) is 0 Å². The zero-order valence-corrected chi connectivity index (χ0v) is 13.3. The van der Waals surface area contributed by atoms with Gasteiger partial charge in [0.05, 0.1) is 38.1 Å². The number of carbonyl (C=O) groups is 2. The molecule has 0 radical (unpaired) electrons. The summed E-state index contributed by atoms with van der Waals surface area (Å²) in [6.45, 7) is -0.0647. The molecule has 8 nitrogen and oxygen atoms in total. The lowest BCUT2D eigenvalue weighted by atomic mass is 10.2. The molecule has 130 valence electrons. The number of ether oxygens (including phenoxy) is 2. The van der Waals surface area contributed by atoms with Crippen LogP contribution in [0.2, 0.25) is 0 Å². The molecular weight excluding hydrogens is 316 g/mol. The van der Waals surface area contributed by atoms with Gasteiger partial charge in [0.1, 0.15) is 18.1 Å². The van der Waals surface area contributed by atoms with Crippen molar-refractivity contribution >= 4 is 17.6 Å². The van der Waals surface area contributed by atoms with Gasteiger partial charge >= 0.3 is 5.97 Å². The molecule has 0 bridgehead atoms. The third kappa shape index (κ3) is 3.84. The summed E-state index contributed by atoms with van der Waals surface area (Å²) in [7, 11) is 1.24. The number of hydrogen-bond acceptors (Lipinski definition) is 7. The van der Waals surface area contributed by atoms with E-state index in [0.29, 0.717) is 11.4 Å². The molecule has 0 aromatic heterocycles. The second-order valence-corrected chi connectivity index (χ2v) is 4.99. The van der Waals surface area contributed by atoms with E-state index < -0.39 is 11.9 Å². The maximum atomic E-state index is 12.5. The minimum Gasteiger partial charge on any atom is -0.489 e. The fraction of sp³-hybridized carbons (Fsp3) is 0.375. The average Bonchev–Trinajstić information content (AvgIpc) is 2.90. The predicted molar refractivity (Wildman–Crippen MR) is 85.4 cm³/mol. The molecule has 1 amide bonds. The smallest absolute Gasteiger partial charge is 0.337 e. The largest absolute Gasteiger partial charge is 0.489 e. The van der Waals surface area contributed by atoms with Gasteiger partial charge in [0.15, 0.2) is 0 Å². The molecule has 8 heteroatoms. The number of nitrogens with zero attached hydrogens (tertiary/aromatic N) is 1. The van der Waals surface area contributed by atoms with E-state index >= 15 is 0 Å². The van der Waals surface area contributed by atoms with E-state index in [1.807, 2.05) is 0 Å². The van der Waals surface area contributed by atoms with Crippen molar-refractivity contribution in [2.45, 2.75) is 0 Å². The molecule has 3 N–H and O–H groups in total. The SMILES string of the molecule is COC(=O)C1=C(Nc2ccccc2OCCO)C(=O)N(CCO)C1. The molecular formula is C16H20N2O6. The first-order valence-electron chi connectivity index (χ1n) is 7.43. The van der Waals surface area contributed by atoms with E-state index in [4.69, 9.17) is 19.7 Å². The monoisotopic (exact) mass is 336 g/mol. The molecule has 0 atom stereocenters. The number of anilines is 1. The van der Waals surface area contributed by atoms with Crippen molar-refractivity contribution in [3.63, 3.8) is 0 Å².